The van der Waals surface area contributed by atoms with Gasteiger partial charge in [-0.25, -0.2) is 4.57 Å². The Hall–Kier alpha value is -1.80. The SMILES string of the molecule is CCCCC/C=C\C/C=C\CCCCCCCCCC(=O)OC(COCCCCCCCCC/C=C\C/C=C\C/C=C\CCCCCCC)COP(=O)(O)OCCN. The Bertz CT molecular complexity index is 1070. The van der Waals surface area contributed by atoms with Crippen LogP contribution in [0.15, 0.2) is 60.8 Å². The second-order valence-electron chi connectivity index (χ2n) is 15.6. The zero-order chi connectivity index (χ0) is 42.3. The zero-order valence-corrected chi connectivity index (χ0v) is 38.4. The minimum absolute atomic E-state index is 0.0947. The predicted molar refractivity (Wildman–Crippen MR) is 247 cm³/mol. The Labute approximate surface area is 357 Å². The van der Waals surface area contributed by atoms with E-state index in [0.29, 0.717) is 13.0 Å². The van der Waals surface area contributed by atoms with Crippen LogP contribution in [0.4, 0.5) is 0 Å². The van der Waals surface area contributed by atoms with Gasteiger partial charge in [-0.05, 0) is 83.5 Å². The molecule has 0 amide bonds. The number of allylic oxidation sites excluding steroid dienone is 10. The fraction of sp³-hybridized carbons (Fsp3) is 0.776. The van der Waals surface area contributed by atoms with Gasteiger partial charge in [0.1, 0.15) is 6.10 Å². The molecule has 0 aromatic rings. The number of hydrogen-bond donors (Lipinski definition) is 2. The van der Waals surface area contributed by atoms with Crippen molar-refractivity contribution in [2.24, 2.45) is 5.73 Å². The summed E-state index contributed by atoms with van der Waals surface area (Å²) >= 11 is 0. The lowest BCUT2D eigenvalue weighted by molar-refractivity contribution is -0.154. The highest BCUT2D eigenvalue weighted by Gasteiger charge is 2.25. The molecule has 0 bridgehead atoms. The minimum atomic E-state index is -4.29. The number of phosphoric ester groups is 1. The van der Waals surface area contributed by atoms with Crippen LogP contribution in [0.25, 0.3) is 0 Å². The van der Waals surface area contributed by atoms with E-state index in [-0.39, 0.29) is 32.3 Å². The summed E-state index contributed by atoms with van der Waals surface area (Å²) in [6.07, 6.45) is 56.7. The molecule has 9 heteroatoms. The molecule has 0 rings (SSSR count). The summed E-state index contributed by atoms with van der Waals surface area (Å²) in [5.41, 5.74) is 5.38. The molecule has 58 heavy (non-hydrogen) atoms. The number of ether oxygens (including phenoxy) is 2. The fourth-order valence-corrected chi connectivity index (χ4v) is 7.15. The maximum Gasteiger partial charge on any atom is 0.472 e. The molecule has 0 spiro atoms. The van der Waals surface area contributed by atoms with Crippen molar-refractivity contribution in [3.05, 3.63) is 60.8 Å². The number of nitrogens with two attached hydrogens (primary N) is 1. The Morgan fingerprint density at radius 3 is 1.40 bits per heavy atom. The minimum Gasteiger partial charge on any atom is -0.457 e. The molecule has 0 radical (unpaired) electrons. The fourth-order valence-electron chi connectivity index (χ4n) is 6.39. The highest BCUT2D eigenvalue weighted by atomic mass is 31.2. The van der Waals surface area contributed by atoms with E-state index < -0.39 is 13.9 Å². The topological polar surface area (TPSA) is 117 Å². The van der Waals surface area contributed by atoms with Crippen molar-refractivity contribution in [3.63, 3.8) is 0 Å². The smallest absolute Gasteiger partial charge is 0.457 e. The van der Waals surface area contributed by atoms with Gasteiger partial charge in [-0.2, -0.15) is 0 Å². The van der Waals surface area contributed by atoms with Gasteiger partial charge in [-0.15, -0.1) is 0 Å². The first-order valence-corrected chi connectivity index (χ1v) is 25.3. The summed E-state index contributed by atoms with van der Waals surface area (Å²) in [7, 11) is -4.29. The second kappa shape index (κ2) is 46.3. The van der Waals surface area contributed by atoms with Crippen molar-refractivity contribution >= 4 is 13.8 Å². The molecule has 338 valence electrons. The molecule has 2 atom stereocenters. The first-order valence-electron chi connectivity index (χ1n) is 23.8. The molecule has 0 aliphatic rings. The van der Waals surface area contributed by atoms with Crippen LogP contribution >= 0.6 is 7.82 Å². The Kier molecular flexibility index (Phi) is 44.8. The average Bonchev–Trinajstić information content (AvgIpc) is 3.21. The molecule has 3 N–H and O–H groups in total. The number of hydrogen-bond acceptors (Lipinski definition) is 7. The van der Waals surface area contributed by atoms with Gasteiger partial charge >= 0.3 is 13.8 Å². The van der Waals surface area contributed by atoms with Crippen LogP contribution in [0.1, 0.15) is 206 Å². The highest BCUT2D eigenvalue weighted by molar-refractivity contribution is 7.47. The summed E-state index contributed by atoms with van der Waals surface area (Å²) < 4.78 is 33.5. The second-order valence-corrected chi connectivity index (χ2v) is 17.1. The van der Waals surface area contributed by atoms with E-state index in [2.05, 4.69) is 74.6 Å². The molecule has 0 heterocycles. The first kappa shape index (κ1) is 56.2. The van der Waals surface area contributed by atoms with Crippen molar-refractivity contribution in [3.8, 4) is 0 Å². The Morgan fingerprint density at radius 1 is 0.517 bits per heavy atom. The Morgan fingerprint density at radius 2 is 0.914 bits per heavy atom. The lowest BCUT2D eigenvalue weighted by Crippen LogP contribution is -2.28. The van der Waals surface area contributed by atoms with E-state index in [0.717, 1.165) is 64.2 Å². The monoisotopic (exact) mass is 836 g/mol. The maximum atomic E-state index is 12.6. The third-order valence-corrected chi connectivity index (χ3v) is 10.9. The molecule has 0 saturated carbocycles. The highest BCUT2D eigenvalue weighted by Crippen LogP contribution is 2.43. The van der Waals surface area contributed by atoms with Crippen molar-refractivity contribution in [2.45, 2.75) is 213 Å². The van der Waals surface area contributed by atoms with Crippen LogP contribution in [0.3, 0.4) is 0 Å². The molecular weight excluding hydrogens is 746 g/mol. The standard InChI is InChI=1S/C49H90NO7P/c1-3-5-7-9-11-13-15-17-19-21-22-23-24-25-27-29-31-33-35-37-39-41-44-54-46-48(47-56-58(52,53)55-45-43-50)57-49(51)42-40-38-36-34-32-30-28-26-20-18-16-14-12-10-8-6-4-2/h12,14-15,17-18,20-22,24-25,48H,3-11,13,16,19,23,26-47,50H2,1-2H3,(H,52,53)/b14-12-,17-15-,20-18-,22-21-,25-24-. The van der Waals surface area contributed by atoms with Crippen molar-refractivity contribution in [2.75, 3.05) is 33.0 Å². The molecule has 0 saturated heterocycles. The summed E-state index contributed by atoms with van der Waals surface area (Å²) in [6.45, 7) is 4.86. The quantitative estimate of drug-likeness (QED) is 0.0269. The van der Waals surface area contributed by atoms with Crippen LogP contribution in [0, 0.1) is 0 Å². The number of esters is 1. The molecule has 0 aromatic carbocycles. The number of phosphoric acid groups is 1. The van der Waals surface area contributed by atoms with Crippen LogP contribution in [-0.2, 0) is 27.9 Å². The molecule has 0 fully saturated rings. The lowest BCUT2D eigenvalue weighted by atomic mass is 10.1. The van der Waals surface area contributed by atoms with Gasteiger partial charge in [-0.1, -0.05) is 177 Å². The molecule has 0 aromatic heterocycles. The molecule has 8 nitrogen and oxygen atoms in total. The number of unbranched alkanes of at least 4 members (excludes halogenated alkanes) is 22. The average molecular weight is 836 g/mol. The third kappa shape index (κ3) is 45.3. The zero-order valence-electron chi connectivity index (χ0n) is 37.5. The van der Waals surface area contributed by atoms with Gasteiger partial charge in [0.25, 0.3) is 0 Å². The van der Waals surface area contributed by atoms with Gasteiger partial charge in [-0.3, -0.25) is 13.8 Å². The Balaban J connectivity index is 4.03. The number of carbonyl (C=O) groups excluding carboxylic acids is 1. The van der Waals surface area contributed by atoms with E-state index in [1.807, 2.05) is 0 Å². The van der Waals surface area contributed by atoms with Crippen LogP contribution < -0.4 is 5.73 Å². The summed E-state index contributed by atoms with van der Waals surface area (Å²) in [6, 6.07) is 0. The van der Waals surface area contributed by atoms with Crippen molar-refractivity contribution < 1.29 is 32.8 Å². The normalized spacial score (nSPS) is 13.9. The summed E-state index contributed by atoms with van der Waals surface area (Å²) in [4.78, 5) is 22.5. The van der Waals surface area contributed by atoms with E-state index in [1.54, 1.807) is 0 Å². The summed E-state index contributed by atoms with van der Waals surface area (Å²) in [5.74, 6) is -0.343. The van der Waals surface area contributed by atoms with E-state index in [9.17, 15) is 14.3 Å². The largest absolute Gasteiger partial charge is 0.472 e. The third-order valence-electron chi connectivity index (χ3n) is 9.91. The van der Waals surface area contributed by atoms with Gasteiger partial charge in [0.2, 0.25) is 0 Å². The van der Waals surface area contributed by atoms with Gasteiger partial charge in [0.05, 0.1) is 19.8 Å². The lowest BCUT2D eigenvalue weighted by Gasteiger charge is -2.20. The van der Waals surface area contributed by atoms with Crippen LogP contribution in [0.2, 0.25) is 0 Å². The molecule has 2 unspecified atom stereocenters. The van der Waals surface area contributed by atoms with Crippen molar-refractivity contribution in [1.29, 1.82) is 0 Å². The van der Waals surface area contributed by atoms with E-state index in [1.165, 1.54) is 122 Å². The molecular formula is C49H90NO7P. The molecule has 0 aliphatic heterocycles. The van der Waals surface area contributed by atoms with E-state index >= 15 is 0 Å². The van der Waals surface area contributed by atoms with Gasteiger partial charge in [0, 0.05) is 19.6 Å². The number of carbonyl (C=O) groups is 1. The van der Waals surface area contributed by atoms with Gasteiger partial charge < -0.3 is 20.1 Å². The summed E-state index contributed by atoms with van der Waals surface area (Å²) in [5, 5.41) is 0. The molecule has 0 aliphatic carbocycles. The predicted octanol–water partition coefficient (Wildman–Crippen LogP) is 14.5. The van der Waals surface area contributed by atoms with Crippen LogP contribution in [-0.4, -0.2) is 49.9 Å². The maximum absolute atomic E-state index is 12.6. The van der Waals surface area contributed by atoms with Crippen molar-refractivity contribution in [1.82, 2.24) is 0 Å². The van der Waals surface area contributed by atoms with E-state index in [4.69, 9.17) is 24.3 Å². The number of rotatable bonds is 45. The van der Waals surface area contributed by atoms with Crippen LogP contribution in [0.5, 0.6) is 0 Å². The van der Waals surface area contributed by atoms with Gasteiger partial charge in [0.15, 0.2) is 0 Å². The first-order chi connectivity index (χ1) is 28.4.